The van der Waals surface area contributed by atoms with Gasteiger partial charge in [-0.05, 0) is 112 Å². The van der Waals surface area contributed by atoms with Gasteiger partial charge in [0.2, 0.25) is 17.2 Å². The molecule has 15 nitrogen and oxygen atoms in total. The van der Waals surface area contributed by atoms with Crippen LogP contribution in [0.3, 0.4) is 0 Å². The van der Waals surface area contributed by atoms with Crippen molar-refractivity contribution in [3.8, 4) is 51.7 Å². The molecular weight excluding hydrogens is 1860 g/mol. The van der Waals surface area contributed by atoms with E-state index in [9.17, 15) is 0 Å². The molecule has 0 saturated carbocycles. The fourth-order valence-corrected chi connectivity index (χ4v) is 20.6. The first-order valence-corrected chi connectivity index (χ1v) is 65.4. The van der Waals surface area contributed by atoms with Gasteiger partial charge in [0.1, 0.15) is 0 Å². The highest BCUT2D eigenvalue weighted by atomic mass is 16.6. The lowest BCUT2D eigenvalue weighted by Crippen LogP contribution is -2.17. The molecule has 0 aromatic heterocycles. The Bertz CT molecular complexity index is 3200. The minimum atomic E-state index is -0.423. The summed E-state index contributed by atoms with van der Waals surface area (Å²) in [6.07, 6.45) is 108. The molecule has 0 atom stereocenters. The summed E-state index contributed by atoms with van der Waals surface area (Å²) in [6.45, 7) is 24.8. The van der Waals surface area contributed by atoms with Crippen molar-refractivity contribution in [2.75, 3.05) is 75.4 Å². The molecule has 0 bridgehead atoms. The van der Waals surface area contributed by atoms with Crippen LogP contribution >= 0.6 is 0 Å². The minimum Gasteiger partial charge on any atom is -0.490 e. The molecule has 0 unspecified atom stereocenters. The maximum Gasteiger partial charge on any atom is 0.255 e. The number of benzene rings is 4. The average Bonchev–Trinajstić information content (AvgIpc) is 0.798. The Morgan fingerprint density at radius 3 is 0.353 bits per heavy atom. The van der Waals surface area contributed by atoms with Gasteiger partial charge < -0.3 is 58.6 Å². The second kappa shape index (κ2) is 102. The number of hydrogen-bond acceptors (Lipinski definition) is 12. The molecule has 0 heterocycles. The van der Waals surface area contributed by atoms with Crippen molar-refractivity contribution in [3.05, 3.63) is 71.3 Å². The van der Waals surface area contributed by atoms with Crippen molar-refractivity contribution in [3.63, 3.8) is 0 Å². The number of carbonyl (C=O) groups is 3. The lowest BCUT2D eigenvalue weighted by atomic mass is 10.1. The average molecular weight is 2090 g/mol. The molecule has 4 aromatic rings. The highest BCUT2D eigenvalue weighted by molar-refractivity contribution is 6.10. The third-order valence-electron chi connectivity index (χ3n) is 30.3. The standard InChI is InChI=1S/C135H237N3O12/c1-10-19-28-37-46-55-64-73-82-91-100-142-124-109-118(110-125(143-101-92-83-74-65-56-47-38-29-20-11-2)130(124)148-106-97-88-79-70-61-52-43-34-25-16-7)133(139)136-121-115-122(137-134(140)119-111-126(144-102-93-84-75-66-57-48-39-30-21-12-3)131(149-107-98-89-80-71-62-53-44-35-26-17-8)127(112-119)145-103-94-85-76-67-58-49-40-31-22-13-4)117-123(116-121)138-135(141)120-113-128(146-104-95-86-77-68-59-50-41-32-23-14-5)132(150-108-99-90-81-72-63-54-45-36-27-18-9)129(114-120)147-105-96-87-78-69-60-51-42-33-24-15-6/h109-117H,10-108H2,1-9H3,(H,136,139)(H,137,140)(H,138,141). The summed E-state index contributed by atoms with van der Waals surface area (Å²) in [5.74, 6) is 3.27. The zero-order valence-corrected chi connectivity index (χ0v) is 99.6. The van der Waals surface area contributed by atoms with Crippen LogP contribution < -0.4 is 58.6 Å². The highest BCUT2D eigenvalue weighted by Crippen LogP contribution is 2.45. The van der Waals surface area contributed by atoms with Crippen LogP contribution in [0.2, 0.25) is 0 Å². The lowest BCUT2D eigenvalue weighted by Gasteiger charge is -2.20. The van der Waals surface area contributed by atoms with Gasteiger partial charge in [0.15, 0.2) is 34.5 Å². The Balaban J connectivity index is 2.00. The maximum absolute atomic E-state index is 15.9. The Morgan fingerprint density at radius 2 is 0.240 bits per heavy atom. The SMILES string of the molecule is CCCCCCCCCCCCOc1cc(C(=O)Nc2cc(NC(=O)c3cc(OCCCCCCCCCCCC)c(OCCCCCCCCCCCC)c(OCCCCCCCCCCCC)c3)cc(NC(=O)c3cc(OCCCCCCCCCCCC)c(OCCCCCCCCCCCC)c(OCCCCCCCCCCCC)c3)c2)cc(OCCCCCCCCCCCC)c1OCCCCCCCCCCCC. The molecule has 15 heteroatoms. The van der Waals surface area contributed by atoms with Crippen molar-refractivity contribution in [2.24, 2.45) is 0 Å². The van der Waals surface area contributed by atoms with Crippen LogP contribution in [0.4, 0.5) is 17.1 Å². The number of anilines is 3. The van der Waals surface area contributed by atoms with Gasteiger partial charge in [-0.2, -0.15) is 0 Å². The molecule has 0 aliphatic carbocycles. The van der Waals surface area contributed by atoms with E-state index in [4.69, 9.17) is 42.6 Å². The van der Waals surface area contributed by atoms with Crippen molar-refractivity contribution < 1.29 is 57.0 Å². The van der Waals surface area contributed by atoms with E-state index in [0.29, 0.717) is 145 Å². The van der Waals surface area contributed by atoms with E-state index in [1.54, 1.807) is 18.2 Å². The number of nitrogens with one attached hydrogen (secondary N) is 3. The Hall–Kier alpha value is -6.51. The molecule has 0 saturated heterocycles. The Labute approximate surface area is 924 Å². The second-order valence-corrected chi connectivity index (χ2v) is 44.8. The van der Waals surface area contributed by atoms with Crippen molar-refractivity contribution in [1.82, 2.24) is 0 Å². The Morgan fingerprint density at radius 1 is 0.140 bits per heavy atom. The molecule has 0 radical (unpaired) electrons. The van der Waals surface area contributed by atoms with Crippen LogP contribution in [-0.4, -0.2) is 77.2 Å². The van der Waals surface area contributed by atoms with E-state index in [0.717, 1.165) is 173 Å². The normalized spacial score (nSPS) is 11.4. The van der Waals surface area contributed by atoms with Gasteiger partial charge in [-0.3, -0.25) is 14.4 Å². The highest BCUT2D eigenvalue weighted by Gasteiger charge is 2.26. The molecule has 3 N–H and O–H groups in total. The van der Waals surface area contributed by atoms with E-state index in [-0.39, 0.29) is 0 Å². The molecule has 0 aliphatic rings. The number of hydrogen-bond donors (Lipinski definition) is 3. The van der Waals surface area contributed by atoms with E-state index in [2.05, 4.69) is 78.3 Å². The number of rotatable bonds is 114. The zero-order valence-electron chi connectivity index (χ0n) is 99.6. The van der Waals surface area contributed by atoms with Gasteiger partial charge in [0.25, 0.3) is 17.7 Å². The first kappa shape index (κ1) is 136. The molecule has 0 spiro atoms. The van der Waals surface area contributed by atoms with Gasteiger partial charge in [-0.25, -0.2) is 0 Å². The Kier molecular flexibility index (Phi) is 92.0. The molecule has 4 aromatic carbocycles. The molecule has 3 amide bonds. The predicted octanol–water partition coefficient (Wildman–Crippen LogP) is 44.1. The van der Waals surface area contributed by atoms with E-state index < -0.39 is 17.7 Å². The summed E-state index contributed by atoms with van der Waals surface area (Å²) in [5, 5.41) is 9.94. The number of unbranched alkanes of at least 4 members (excludes halogenated alkanes) is 81. The molecule has 0 aliphatic heterocycles. The quantitative estimate of drug-likeness (QED) is 0.0358. The predicted molar refractivity (Wildman–Crippen MR) is 646 cm³/mol. The fourth-order valence-electron chi connectivity index (χ4n) is 20.6. The second-order valence-electron chi connectivity index (χ2n) is 44.8. The monoisotopic (exact) mass is 2090 g/mol. The molecular formula is C135H237N3O12. The lowest BCUT2D eigenvalue weighted by molar-refractivity contribution is 0.101. The minimum absolute atomic E-state index is 0.328. The summed E-state index contributed by atoms with van der Waals surface area (Å²) < 4.78 is 62.2. The van der Waals surface area contributed by atoms with E-state index in [1.165, 1.54) is 405 Å². The maximum atomic E-state index is 15.9. The van der Waals surface area contributed by atoms with Gasteiger partial charge in [0, 0.05) is 33.8 Å². The van der Waals surface area contributed by atoms with Crippen LogP contribution in [0, 0.1) is 0 Å². The first-order chi connectivity index (χ1) is 74.1. The number of ether oxygens (including phenoxy) is 9. The van der Waals surface area contributed by atoms with Crippen molar-refractivity contribution >= 4 is 34.8 Å². The smallest absolute Gasteiger partial charge is 0.255 e. The van der Waals surface area contributed by atoms with E-state index >= 15 is 14.4 Å². The summed E-state index contributed by atoms with van der Waals surface area (Å²) in [5.41, 5.74) is 2.00. The summed E-state index contributed by atoms with van der Waals surface area (Å²) in [6, 6.07) is 16.3. The summed E-state index contributed by atoms with van der Waals surface area (Å²) in [7, 11) is 0. The first-order valence-electron chi connectivity index (χ1n) is 65.4. The van der Waals surface area contributed by atoms with Gasteiger partial charge in [-0.1, -0.05) is 582 Å². The third-order valence-corrected chi connectivity index (χ3v) is 30.3. The number of carbonyl (C=O) groups excluding carboxylic acids is 3. The van der Waals surface area contributed by atoms with Crippen LogP contribution in [0.1, 0.15) is 671 Å². The van der Waals surface area contributed by atoms with Gasteiger partial charge in [-0.15, -0.1) is 0 Å². The molecule has 0 fully saturated rings. The topological polar surface area (TPSA) is 170 Å². The third kappa shape index (κ3) is 73.8. The fraction of sp³-hybridized carbons (Fsp3) is 0.800. The summed E-state index contributed by atoms with van der Waals surface area (Å²) in [4.78, 5) is 47.6. The number of amides is 3. The molecule has 4 rings (SSSR count). The van der Waals surface area contributed by atoms with Crippen LogP contribution in [-0.2, 0) is 0 Å². The van der Waals surface area contributed by atoms with Crippen LogP contribution in [0.25, 0.3) is 0 Å². The van der Waals surface area contributed by atoms with Crippen LogP contribution in [0.15, 0.2) is 54.6 Å². The molecule has 864 valence electrons. The van der Waals surface area contributed by atoms with E-state index in [1.807, 2.05) is 36.4 Å². The van der Waals surface area contributed by atoms with Crippen LogP contribution in [0.5, 0.6) is 51.7 Å². The van der Waals surface area contributed by atoms with Gasteiger partial charge in [0.05, 0.1) is 59.5 Å². The largest absolute Gasteiger partial charge is 0.490 e. The van der Waals surface area contributed by atoms with Crippen molar-refractivity contribution in [2.45, 2.75) is 640 Å². The summed E-state index contributed by atoms with van der Waals surface area (Å²) >= 11 is 0. The van der Waals surface area contributed by atoms with Gasteiger partial charge >= 0.3 is 0 Å². The molecule has 150 heavy (non-hydrogen) atoms. The zero-order chi connectivity index (χ0) is 107. The van der Waals surface area contributed by atoms with Crippen molar-refractivity contribution in [1.29, 1.82) is 0 Å².